The zero-order valence-electron chi connectivity index (χ0n) is 10.8. The zero-order valence-corrected chi connectivity index (χ0v) is 10.8. The number of hydrogen-bond acceptors (Lipinski definition) is 2. The third-order valence-corrected chi connectivity index (χ3v) is 3.69. The predicted octanol–water partition coefficient (Wildman–Crippen LogP) is 2.65. The summed E-state index contributed by atoms with van der Waals surface area (Å²) in [6, 6.07) is 8.63. The molecule has 1 aliphatic heterocycles. The van der Waals surface area contributed by atoms with Gasteiger partial charge in [-0.1, -0.05) is 17.7 Å². The number of nitrogens with zero attached hydrogens (tertiary/aromatic N) is 2. The highest BCUT2D eigenvalue weighted by Gasteiger charge is 2.19. The summed E-state index contributed by atoms with van der Waals surface area (Å²) >= 11 is 0. The van der Waals surface area contributed by atoms with Crippen LogP contribution in [-0.2, 0) is 0 Å². The van der Waals surface area contributed by atoms with E-state index in [-0.39, 0.29) is 0 Å². The molecule has 3 heteroatoms. The summed E-state index contributed by atoms with van der Waals surface area (Å²) in [5.41, 5.74) is 3.82. The van der Waals surface area contributed by atoms with E-state index >= 15 is 0 Å². The van der Waals surface area contributed by atoms with Crippen molar-refractivity contribution in [2.24, 2.45) is 0 Å². The van der Waals surface area contributed by atoms with E-state index in [1.807, 2.05) is 12.5 Å². The van der Waals surface area contributed by atoms with E-state index in [1.165, 1.54) is 29.8 Å². The third-order valence-electron chi connectivity index (χ3n) is 3.69. The van der Waals surface area contributed by atoms with Crippen molar-refractivity contribution < 1.29 is 0 Å². The van der Waals surface area contributed by atoms with Gasteiger partial charge in [0.25, 0.3) is 0 Å². The first-order chi connectivity index (χ1) is 8.84. The molecule has 1 fully saturated rings. The number of aromatic nitrogens is 2. The smallest absolute Gasteiger partial charge is 0.0994 e. The normalized spacial score (nSPS) is 19.9. The lowest BCUT2D eigenvalue weighted by Gasteiger charge is -2.23. The maximum absolute atomic E-state index is 4.33. The van der Waals surface area contributed by atoms with Crippen molar-refractivity contribution in [2.45, 2.75) is 25.7 Å². The minimum absolute atomic E-state index is 0.586. The Hall–Kier alpha value is -1.61. The number of rotatable bonds is 2. The Morgan fingerprint density at radius 1 is 1.28 bits per heavy atom. The van der Waals surface area contributed by atoms with Gasteiger partial charge in [-0.25, -0.2) is 4.98 Å². The average molecular weight is 241 g/mol. The number of imidazole rings is 1. The van der Waals surface area contributed by atoms with E-state index in [0.29, 0.717) is 5.92 Å². The Balaban J connectivity index is 1.93. The van der Waals surface area contributed by atoms with Gasteiger partial charge < -0.3 is 9.88 Å². The molecule has 0 spiro atoms. The van der Waals surface area contributed by atoms with Gasteiger partial charge in [0.2, 0.25) is 0 Å². The Kier molecular flexibility index (Phi) is 3.15. The standard InChI is InChI=1S/C15H19N3/c1-12-4-6-14(7-5-12)18-11-17-10-15(18)13-3-2-8-16-9-13/h4-7,10-11,13,16H,2-3,8-9H2,1H3. The molecule has 2 heterocycles. The van der Waals surface area contributed by atoms with Crippen LogP contribution in [0.1, 0.15) is 30.0 Å². The van der Waals surface area contributed by atoms with Gasteiger partial charge in [-0.2, -0.15) is 0 Å². The summed E-state index contributed by atoms with van der Waals surface area (Å²) in [5, 5.41) is 3.47. The highest BCUT2D eigenvalue weighted by molar-refractivity contribution is 5.36. The summed E-state index contributed by atoms with van der Waals surface area (Å²) in [6.07, 6.45) is 6.44. The number of benzene rings is 1. The van der Waals surface area contributed by atoms with Crippen LogP contribution in [0.4, 0.5) is 0 Å². The summed E-state index contributed by atoms with van der Waals surface area (Å²) in [6.45, 7) is 4.33. The van der Waals surface area contributed by atoms with Gasteiger partial charge in [-0.3, -0.25) is 0 Å². The van der Waals surface area contributed by atoms with Crippen molar-refractivity contribution in [1.82, 2.24) is 14.9 Å². The van der Waals surface area contributed by atoms with Gasteiger partial charge in [0.1, 0.15) is 0 Å². The summed E-state index contributed by atoms with van der Waals surface area (Å²) < 4.78 is 2.22. The third kappa shape index (κ3) is 2.18. The van der Waals surface area contributed by atoms with E-state index in [2.05, 4.69) is 46.1 Å². The molecule has 3 rings (SSSR count). The molecule has 3 nitrogen and oxygen atoms in total. The van der Waals surface area contributed by atoms with Crippen LogP contribution in [-0.4, -0.2) is 22.6 Å². The first-order valence-corrected chi connectivity index (χ1v) is 6.64. The molecule has 1 unspecified atom stereocenters. The van der Waals surface area contributed by atoms with Gasteiger partial charge in [0.15, 0.2) is 0 Å². The highest BCUT2D eigenvalue weighted by atomic mass is 15.1. The van der Waals surface area contributed by atoms with E-state index in [9.17, 15) is 0 Å². The van der Waals surface area contributed by atoms with Crippen molar-refractivity contribution in [3.05, 3.63) is 48.0 Å². The van der Waals surface area contributed by atoms with Gasteiger partial charge in [0.05, 0.1) is 6.33 Å². The van der Waals surface area contributed by atoms with Gasteiger partial charge in [-0.15, -0.1) is 0 Å². The monoisotopic (exact) mass is 241 g/mol. The van der Waals surface area contributed by atoms with Crippen molar-refractivity contribution in [2.75, 3.05) is 13.1 Å². The summed E-state index contributed by atoms with van der Waals surface area (Å²) in [7, 11) is 0. The number of aryl methyl sites for hydroxylation is 1. The first-order valence-electron chi connectivity index (χ1n) is 6.64. The maximum Gasteiger partial charge on any atom is 0.0994 e. The molecule has 1 N–H and O–H groups in total. The molecule has 0 amide bonds. The van der Waals surface area contributed by atoms with Crippen molar-refractivity contribution in [3.8, 4) is 5.69 Å². The molecule has 1 aromatic carbocycles. The van der Waals surface area contributed by atoms with E-state index in [0.717, 1.165) is 13.1 Å². The van der Waals surface area contributed by atoms with E-state index in [1.54, 1.807) is 0 Å². The molecule has 0 radical (unpaired) electrons. The van der Waals surface area contributed by atoms with Crippen molar-refractivity contribution >= 4 is 0 Å². The van der Waals surface area contributed by atoms with Crippen molar-refractivity contribution in [3.63, 3.8) is 0 Å². The Morgan fingerprint density at radius 3 is 2.83 bits per heavy atom. The molecule has 1 aliphatic rings. The second-order valence-corrected chi connectivity index (χ2v) is 5.07. The van der Waals surface area contributed by atoms with Gasteiger partial charge in [-0.05, 0) is 38.4 Å². The van der Waals surface area contributed by atoms with E-state index in [4.69, 9.17) is 0 Å². The van der Waals surface area contributed by atoms with Gasteiger partial charge in [0, 0.05) is 30.0 Å². The molecule has 1 atom stereocenters. The average Bonchev–Trinajstić information content (AvgIpc) is 2.90. The molecule has 1 aromatic heterocycles. The fourth-order valence-electron chi connectivity index (χ4n) is 2.63. The number of piperidine rings is 1. The van der Waals surface area contributed by atoms with Crippen LogP contribution < -0.4 is 5.32 Å². The Labute approximate surface area is 108 Å². The van der Waals surface area contributed by atoms with Crippen LogP contribution >= 0.6 is 0 Å². The molecule has 2 aromatic rings. The zero-order chi connectivity index (χ0) is 12.4. The highest BCUT2D eigenvalue weighted by Crippen LogP contribution is 2.25. The molecule has 0 bridgehead atoms. The Morgan fingerprint density at radius 2 is 2.11 bits per heavy atom. The lowest BCUT2D eigenvalue weighted by atomic mass is 9.96. The fourth-order valence-corrected chi connectivity index (χ4v) is 2.63. The summed E-state index contributed by atoms with van der Waals surface area (Å²) in [5.74, 6) is 0.586. The summed E-state index contributed by atoms with van der Waals surface area (Å²) in [4.78, 5) is 4.33. The predicted molar refractivity (Wildman–Crippen MR) is 73.1 cm³/mol. The Bertz CT molecular complexity index is 507. The minimum Gasteiger partial charge on any atom is -0.316 e. The van der Waals surface area contributed by atoms with Crippen LogP contribution in [0, 0.1) is 6.92 Å². The molecule has 1 saturated heterocycles. The fraction of sp³-hybridized carbons (Fsp3) is 0.400. The number of hydrogen-bond donors (Lipinski definition) is 1. The van der Waals surface area contributed by atoms with Crippen LogP contribution in [0.3, 0.4) is 0 Å². The molecule has 0 aliphatic carbocycles. The van der Waals surface area contributed by atoms with Crippen LogP contribution in [0.15, 0.2) is 36.8 Å². The molecule has 0 saturated carbocycles. The number of nitrogens with one attached hydrogen (secondary N) is 1. The molecule has 94 valence electrons. The lowest BCUT2D eigenvalue weighted by molar-refractivity contribution is 0.451. The second kappa shape index (κ2) is 4.94. The minimum atomic E-state index is 0.586. The lowest BCUT2D eigenvalue weighted by Crippen LogP contribution is -2.29. The van der Waals surface area contributed by atoms with Crippen molar-refractivity contribution in [1.29, 1.82) is 0 Å². The second-order valence-electron chi connectivity index (χ2n) is 5.07. The quantitative estimate of drug-likeness (QED) is 0.876. The molecular weight excluding hydrogens is 222 g/mol. The largest absolute Gasteiger partial charge is 0.316 e. The van der Waals surface area contributed by atoms with Gasteiger partial charge >= 0.3 is 0 Å². The van der Waals surface area contributed by atoms with E-state index < -0.39 is 0 Å². The first kappa shape index (κ1) is 11.5. The van der Waals surface area contributed by atoms with Crippen LogP contribution in [0.5, 0.6) is 0 Å². The molecule has 18 heavy (non-hydrogen) atoms. The molecular formula is C15H19N3. The van der Waals surface area contributed by atoms with Crippen LogP contribution in [0.2, 0.25) is 0 Å². The van der Waals surface area contributed by atoms with Crippen LogP contribution in [0.25, 0.3) is 5.69 Å². The topological polar surface area (TPSA) is 29.9 Å². The SMILES string of the molecule is Cc1ccc(-n2cncc2C2CCCNC2)cc1. The maximum atomic E-state index is 4.33.